The number of halogens is 2. The Morgan fingerprint density at radius 2 is 2.00 bits per heavy atom. The van der Waals surface area contributed by atoms with E-state index in [2.05, 4.69) is 10.3 Å². The molecule has 0 bridgehead atoms. The standard InChI is InChI=1S/C13H12ClFN2/c1-9(10-4-2-5-11(15)8-10)16-13-7-3-6-12(14)17-13/h2-9H,1H3,(H,16,17). The Kier molecular flexibility index (Phi) is 3.59. The summed E-state index contributed by atoms with van der Waals surface area (Å²) < 4.78 is 13.1. The molecule has 0 aliphatic carbocycles. The summed E-state index contributed by atoms with van der Waals surface area (Å²) in [5.41, 5.74) is 0.867. The van der Waals surface area contributed by atoms with Gasteiger partial charge in [-0.2, -0.15) is 0 Å². The van der Waals surface area contributed by atoms with Crippen LogP contribution in [0.2, 0.25) is 5.15 Å². The van der Waals surface area contributed by atoms with Gasteiger partial charge in [0.1, 0.15) is 16.8 Å². The van der Waals surface area contributed by atoms with Gasteiger partial charge in [-0.05, 0) is 36.8 Å². The van der Waals surface area contributed by atoms with Crippen LogP contribution in [0.3, 0.4) is 0 Å². The molecule has 1 aromatic heterocycles. The number of pyridine rings is 1. The van der Waals surface area contributed by atoms with Crippen LogP contribution < -0.4 is 5.32 Å². The third kappa shape index (κ3) is 3.17. The average Bonchev–Trinajstić information content (AvgIpc) is 2.29. The van der Waals surface area contributed by atoms with Gasteiger partial charge in [0.2, 0.25) is 0 Å². The van der Waals surface area contributed by atoms with Gasteiger partial charge in [0.15, 0.2) is 0 Å². The fraction of sp³-hybridized carbons (Fsp3) is 0.154. The topological polar surface area (TPSA) is 24.9 Å². The van der Waals surface area contributed by atoms with Gasteiger partial charge in [0.05, 0.1) is 6.04 Å². The second-order valence-electron chi connectivity index (χ2n) is 3.77. The Labute approximate surface area is 104 Å². The summed E-state index contributed by atoms with van der Waals surface area (Å²) >= 11 is 5.79. The van der Waals surface area contributed by atoms with Gasteiger partial charge < -0.3 is 5.32 Å². The molecule has 0 radical (unpaired) electrons. The van der Waals surface area contributed by atoms with Crippen LogP contribution in [0.15, 0.2) is 42.5 Å². The van der Waals surface area contributed by atoms with E-state index in [1.54, 1.807) is 12.1 Å². The Balaban J connectivity index is 2.14. The maximum absolute atomic E-state index is 13.1. The van der Waals surface area contributed by atoms with E-state index in [-0.39, 0.29) is 11.9 Å². The van der Waals surface area contributed by atoms with Crippen LogP contribution in [0.1, 0.15) is 18.5 Å². The molecule has 0 aliphatic heterocycles. The Hall–Kier alpha value is -1.61. The van der Waals surface area contributed by atoms with Crippen LogP contribution in [0.5, 0.6) is 0 Å². The predicted octanol–water partition coefficient (Wildman–Crippen LogP) is 4.05. The lowest BCUT2D eigenvalue weighted by molar-refractivity contribution is 0.623. The molecule has 1 unspecified atom stereocenters. The van der Waals surface area contributed by atoms with Crippen molar-refractivity contribution in [3.63, 3.8) is 0 Å². The fourth-order valence-electron chi connectivity index (χ4n) is 1.57. The first-order chi connectivity index (χ1) is 8.15. The van der Waals surface area contributed by atoms with E-state index in [9.17, 15) is 4.39 Å². The van der Waals surface area contributed by atoms with Crippen LogP contribution in [0, 0.1) is 5.82 Å². The molecule has 0 saturated heterocycles. The van der Waals surface area contributed by atoms with Gasteiger partial charge in [-0.1, -0.05) is 29.8 Å². The molecule has 2 nitrogen and oxygen atoms in total. The molecule has 1 heterocycles. The molecule has 1 N–H and O–H groups in total. The summed E-state index contributed by atoms with van der Waals surface area (Å²) in [7, 11) is 0. The number of anilines is 1. The largest absolute Gasteiger partial charge is 0.364 e. The van der Waals surface area contributed by atoms with E-state index < -0.39 is 0 Å². The summed E-state index contributed by atoms with van der Waals surface area (Å²) in [5, 5.41) is 3.60. The second kappa shape index (κ2) is 5.15. The highest BCUT2D eigenvalue weighted by molar-refractivity contribution is 6.29. The van der Waals surface area contributed by atoms with Gasteiger partial charge >= 0.3 is 0 Å². The monoisotopic (exact) mass is 250 g/mol. The average molecular weight is 251 g/mol. The molecular formula is C13H12ClFN2. The van der Waals surface area contributed by atoms with Crippen LogP contribution in [-0.2, 0) is 0 Å². The summed E-state index contributed by atoms with van der Waals surface area (Å²) in [6, 6.07) is 11.8. The van der Waals surface area contributed by atoms with Crippen molar-refractivity contribution in [1.82, 2.24) is 4.98 Å². The normalized spacial score (nSPS) is 12.2. The summed E-state index contributed by atoms with van der Waals surface area (Å²) in [4.78, 5) is 4.12. The second-order valence-corrected chi connectivity index (χ2v) is 4.15. The van der Waals surface area contributed by atoms with Crippen molar-refractivity contribution in [2.75, 3.05) is 5.32 Å². The van der Waals surface area contributed by atoms with E-state index in [0.717, 1.165) is 5.56 Å². The Morgan fingerprint density at radius 3 is 2.71 bits per heavy atom. The number of benzene rings is 1. The van der Waals surface area contributed by atoms with E-state index in [1.165, 1.54) is 12.1 Å². The Morgan fingerprint density at radius 1 is 1.24 bits per heavy atom. The number of nitrogens with one attached hydrogen (secondary N) is 1. The number of rotatable bonds is 3. The summed E-state index contributed by atoms with van der Waals surface area (Å²) in [6.07, 6.45) is 0. The Bertz CT molecular complexity index is 516. The third-order valence-electron chi connectivity index (χ3n) is 2.43. The van der Waals surface area contributed by atoms with Crippen molar-refractivity contribution in [1.29, 1.82) is 0 Å². The molecule has 88 valence electrons. The first-order valence-electron chi connectivity index (χ1n) is 5.30. The molecule has 0 aliphatic rings. The minimum Gasteiger partial charge on any atom is -0.364 e. The number of nitrogens with zero attached hydrogens (tertiary/aromatic N) is 1. The molecule has 2 aromatic rings. The molecule has 2 rings (SSSR count). The van der Waals surface area contributed by atoms with Gasteiger partial charge in [-0.3, -0.25) is 0 Å². The minimum atomic E-state index is -0.241. The number of hydrogen-bond donors (Lipinski definition) is 1. The lowest BCUT2D eigenvalue weighted by Crippen LogP contribution is -2.08. The lowest BCUT2D eigenvalue weighted by Gasteiger charge is -2.15. The van der Waals surface area contributed by atoms with Gasteiger partial charge in [0, 0.05) is 0 Å². The zero-order chi connectivity index (χ0) is 12.3. The van der Waals surface area contributed by atoms with Crippen molar-refractivity contribution in [2.24, 2.45) is 0 Å². The van der Waals surface area contributed by atoms with E-state index in [0.29, 0.717) is 11.0 Å². The molecule has 17 heavy (non-hydrogen) atoms. The molecule has 1 aromatic carbocycles. The van der Waals surface area contributed by atoms with E-state index in [1.807, 2.05) is 25.1 Å². The van der Waals surface area contributed by atoms with Crippen LogP contribution in [-0.4, -0.2) is 4.98 Å². The highest BCUT2D eigenvalue weighted by atomic mass is 35.5. The smallest absolute Gasteiger partial charge is 0.131 e. The van der Waals surface area contributed by atoms with Crippen LogP contribution in [0.25, 0.3) is 0 Å². The minimum absolute atomic E-state index is 0.0309. The van der Waals surface area contributed by atoms with Crippen molar-refractivity contribution in [3.05, 3.63) is 59.0 Å². The van der Waals surface area contributed by atoms with Gasteiger partial charge in [-0.25, -0.2) is 9.37 Å². The first kappa shape index (κ1) is 11.9. The predicted molar refractivity (Wildman–Crippen MR) is 67.7 cm³/mol. The summed E-state index contributed by atoms with van der Waals surface area (Å²) in [5.74, 6) is 0.435. The van der Waals surface area contributed by atoms with Crippen molar-refractivity contribution < 1.29 is 4.39 Å². The highest BCUT2D eigenvalue weighted by Crippen LogP contribution is 2.19. The molecular weight excluding hydrogens is 239 g/mol. The highest BCUT2D eigenvalue weighted by Gasteiger charge is 2.06. The number of hydrogen-bond acceptors (Lipinski definition) is 2. The first-order valence-corrected chi connectivity index (χ1v) is 5.67. The molecule has 4 heteroatoms. The molecule has 0 fully saturated rings. The summed E-state index contributed by atoms with van der Waals surface area (Å²) in [6.45, 7) is 1.94. The zero-order valence-corrected chi connectivity index (χ0v) is 10.1. The van der Waals surface area contributed by atoms with Crippen LogP contribution >= 0.6 is 11.6 Å². The maximum Gasteiger partial charge on any atom is 0.131 e. The number of aromatic nitrogens is 1. The van der Waals surface area contributed by atoms with E-state index in [4.69, 9.17) is 11.6 Å². The molecule has 0 saturated carbocycles. The fourth-order valence-corrected chi connectivity index (χ4v) is 1.73. The zero-order valence-electron chi connectivity index (χ0n) is 9.32. The van der Waals surface area contributed by atoms with Gasteiger partial charge in [0.25, 0.3) is 0 Å². The van der Waals surface area contributed by atoms with Crippen LogP contribution in [0.4, 0.5) is 10.2 Å². The SMILES string of the molecule is CC(Nc1cccc(Cl)n1)c1cccc(F)c1. The quantitative estimate of drug-likeness (QED) is 0.832. The molecule has 1 atom stereocenters. The van der Waals surface area contributed by atoms with Crippen molar-refractivity contribution >= 4 is 17.4 Å². The van der Waals surface area contributed by atoms with Gasteiger partial charge in [-0.15, -0.1) is 0 Å². The maximum atomic E-state index is 13.1. The third-order valence-corrected chi connectivity index (χ3v) is 2.64. The molecule has 0 spiro atoms. The van der Waals surface area contributed by atoms with E-state index >= 15 is 0 Å². The van der Waals surface area contributed by atoms with Crippen molar-refractivity contribution in [2.45, 2.75) is 13.0 Å². The lowest BCUT2D eigenvalue weighted by atomic mass is 10.1. The molecule has 0 amide bonds. The van der Waals surface area contributed by atoms with Crippen molar-refractivity contribution in [3.8, 4) is 0 Å².